The van der Waals surface area contributed by atoms with Gasteiger partial charge in [-0.1, -0.05) is 108 Å². The Bertz CT molecular complexity index is 1200. The van der Waals surface area contributed by atoms with Gasteiger partial charge in [-0.15, -0.1) is 0 Å². The van der Waals surface area contributed by atoms with E-state index in [0.29, 0.717) is 47.6 Å². The van der Waals surface area contributed by atoms with Crippen LogP contribution in [0.25, 0.3) is 0 Å². The molecule has 0 aliphatic heterocycles. The van der Waals surface area contributed by atoms with E-state index in [1.807, 2.05) is 0 Å². The second-order valence-electron chi connectivity index (χ2n) is 12.4. The Morgan fingerprint density at radius 3 is 1.66 bits per heavy atom. The maximum absolute atomic E-state index is 6.25. The summed E-state index contributed by atoms with van der Waals surface area (Å²) in [4.78, 5) is 2.41. The molecular weight excluding hydrogens is 460 g/mol. The molecule has 4 aliphatic rings. The number of rotatable bonds is 3. The van der Waals surface area contributed by atoms with Crippen LogP contribution in [0, 0.1) is 37.5 Å². The summed E-state index contributed by atoms with van der Waals surface area (Å²) in [6.45, 7) is 4.37. The van der Waals surface area contributed by atoms with Gasteiger partial charge >= 0.3 is 0 Å². The van der Waals surface area contributed by atoms with Crippen molar-refractivity contribution in [2.75, 3.05) is 14.1 Å². The lowest BCUT2D eigenvalue weighted by Gasteiger charge is -2.43. The monoisotopic (exact) mass is 506 g/mol. The fraction of sp³-hybridized carbons (Fsp3) is 0.444. The van der Waals surface area contributed by atoms with Crippen molar-refractivity contribution in [3.8, 4) is 0 Å². The van der Waals surface area contributed by atoms with Gasteiger partial charge in [-0.3, -0.25) is 0 Å². The van der Waals surface area contributed by atoms with Crippen LogP contribution in [-0.2, 0) is 0 Å². The van der Waals surface area contributed by atoms with Gasteiger partial charge in [0.2, 0.25) is 0 Å². The van der Waals surface area contributed by atoms with E-state index in [1.165, 1.54) is 35.1 Å². The van der Waals surface area contributed by atoms with E-state index >= 15 is 0 Å². The largest absolute Gasteiger partial charge is 0.328 e. The third kappa shape index (κ3) is 6.14. The molecule has 0 saturated heterocycles. The van der Waals surface area contributed by atoms with Gasteiger partial charge in [-0.25, -0.2) is 0 Å². The molecule has 0 heterocycles. The van der Waals surface area contributed by atoms with Crippen LogP contribution in [0.1, 0.15) is 59.8 Å². The highest BCUT2D eigenvalue weighted by atomic mass is 15.1. The van der Waals surface area contributed by atoms with E-state index in [9.17, 15) is 0 Å². The zero-order valence-electron chi connectivity index (χ0n) is 23.7. The Labute approximate surface area is 231 Å². The topological polar surface area (TPSA) is 29.3 Å². The lowest BCUT2D eigenvalue weighted by atomic mass is 9.66. The number of nitrogens with two attached hydrogens (primary N) is 1. The number of hydrogen-bond donors (Lipinski definition) is 1. The Kier molecular flexibility index (Phi) is 8.51. The zero-order valence-corrected chi connectivity index (χ0v) is 23.7. The number of aryl methyl sites for hydroxylation is 2. The highest BCUT2D eigenvalue weighted by Gasteiger charge is 2.37. The van der Waals surface area contributed by atoms with E-state index in [1.54, 1.807) is 0 Å². The Hall–Kier alpha value is -2.68. The van der Waals surface area contributed by atoms with E-state index in [4.69, 9.17) is 5.73 Å². The molecule has 2 heteroatoms. The minimum Gasteiger partial charge on any atom is -0.328 e. The van der Waals surface area contributed by atoms with Crippen LogP contribution in [0.2, 0.25) is 0 Å². The molecule has 2 N–H and O–H groups in total. The number of fused-ring (bicyclic) bond motifs is 2. The normalized spacial score (nSPS) is 33.3. The Morgan fingerprint density at radius 2 is 1.13 bits per heavy atom. The van der Waals surface area contributed by atoms with Crippen molar-refractivity contribution in [2.45, 2.75) is 63.5 Å². The summed E-state index contributed by atoms with van der Waals surface area (Å²) in [7, 11) is 4.45. The molecule has 0 amide bonds. The molecule has 2 aromatic rings. The molecule has 2 nitrogen and oxygen atoms in total. The molecule has 6 rings (SSSR count). The average molecular weight is 507 g/mol. The first-order chi connectivity index (χ1) is 18.4. The molecule has 2 saturated carbocycles. The van der Waals surface area contributed by atoms with Crippen LogP contribution in [0.15, 0.2) is 97.1 Å². The molecule has 0 aromatic heterocycles. The molecule has 0 radical (unpaired) electrons. The molecular formula is C36H46N2. The molecule has 200 valence electrons. The molecule has 0 spiro atoms. The smallest absolute Gasteiger partial charge is 0.0101 e. The van der Waals surface area contributed by atoms with Crippen molar-refractivity contribution in [1.29, 1.82) is 0 Å². The van der Waals surface area contributed by atoms with E-state index in [0.717, 1.165) is 12.8 Å². The fourth-order valence-electron chi connectivity index (χ4n) is 7.41. The lowest BCUT2D eigenvalue weighted by Crippen LogP contribution is -2.40. The van der Waals surface area contributed by atoms with Crippen LogP contribution < -0.4 is 5.73 Å². The van der Waals surface area contributed by atoms with Crippen molar-refractivity contribution in [1.82, 2.24) is 4.90 Å². The Balaban J connectivity index is 0.000000156. The van der Waals surface area contributed by atoms with Gasteiger partial charge in [0.05, 0.1) is 0 Å². The third-order valence-corrected chi connectivity index (χ3v) is 9.40. The summed E-state index contributed by atoms with van der Waals surface area (Å²) in [5.41, 5.74) is 11.9. The first-order valence-corrected chi connectivity index (χ1v) is 14.6. The molecule has 2 aromatic carbocycles. The van der Waals surface area contributed by atoms with Crippen molar-refractivity contribution in [2.24, 2.45) is 29.4 Å². The fourth-order valence-corrected chi connectivity index (χ4v) is 7.41. The van der Waals surface area contributed by atoms with Crippen LogP contribution >= 0.6 is 0 Å². The van der Waals surface area contributed by atoms with Crippen LogP contribution in [-0.4, -0.2) is 31.1 Å². The molecule has 8 unspecified atom stereocenters. The average Bonchev–Trinajstić information content (AvgIpc) is 2.92. The summed E-state index contributed by atoms with van der Waals surface area (Å²) in [6.07, 6.45) is 23.2. The van der Waals surface area contributed by atoms with Crippen LogP contribution in [0.4, 0.5) is 0 Å². The minimum absolute atomic E-state index is 0.341. The van der Waals surface area contributed by atoms with E-state index in [-0.39, 0.29) is 0 Å². The third-order valence-electron chi connectivity index (χ3n) is 9.40. The first-order valence-electron chi connectivity index (χ1n) is 14.6. The summed E-state index contributed by atoms with van der Waals surface area (Å²) in [5, 5.41) is 0. The summed E-state index contributed by atoms with van der Waals surface area (Å²) in [5.74, 6) is 3.88. The molecule has 2 fully saturated rings. The number of allylic oxidation sites excluding steroid dienone is 8. The van der Waals surface area contributed by atoms with Crippen molar-refractivity contribution in [3.63, 3.8) is 0 Å². The minimum atomic E-state index is 0.341. The summed E-state index contributed by atoms with van der Waals surface area (Å²) in [6, 6.07) is 19.1. The van der Waals surface area contributed by atoms with Gasteiger partial charge in [0.25, 0.3) is 0 Å². The van der Waals surface area contributed by atoms with E-state index < -0.39 is 0 Å². The van der Waals surface area contributed by atoms with Gasteiger partial charge in [0.15, 0.2) is 0 Å². The molecule has 8 atom stereocenters. The highest BCUT2D eigenvalue weighted by molar-refractivity contribution is 5.32. The maximum Gasteiger partial charge on any atom is 0.0101 e. The molecule has 38 heavy (non-hydrogen) atoms. The molecule has 4 aliphatic carbocycles. The lowest BCUT2D eigenvalue weighted by molar-refractivity contribution is 0.156. The highest BCUT2D eigenvalue weighted by Crippen LogP contribution is 2.45. The SMILES string of the molecule is Cc1cccc(C2CC(N(C)C)CC3C=CC=CC32)c1.Cc1cccc(C2CC(N)CC3C=CC=CC32)c1. The van der Waals surface area contributed by atoms with Gasteiger partial charge in [-0.05, 0) is 100 Å². The maximum atomic E-state index is 6.25. The predicted molar refractivity (Wildman–Crippen MR) is 162 cm³/mol. The van der Waals surface area contributed by atoms with Crippen molar-refractivity contribution in [3.05, 3.63) is 119 Å². The number of nitrogens with zero attached hydrogens (tertiary/aromatic N) is 1. The Morgan fingerprint density at radius 1 is 0.632 bits per heavy atom. The van der Waals surface area contributed by atoms with Crippen LogP contribution in [0.3, 0.4) is 0 Å². The van der Waals surface area contributed by atoms with Gasteiger partial charge < -0.3 is 10.6 Å². The van der Waals surface area contributed by atoms with Gasteiger partial charge in [0, 0.05) is 12.1 Å². The van der Waals surface area contributed by atoms with Gasteiger partial charge in [0.1, 0.15) is 0 Å². The van der Waals surface area contributed by atoms with Crippen molar-refractivity contribution < 1.29 is 0 Å². The van der Waals surface area contributed by atoms with Gasteiger partial charge in [-0.2, -0.15) is 0 Å². The molecule has 0 bridgehead atoms. The quantitative estimate of drug-likeness (QED) is 0.462. The van der Waals surface area contributed by atoms with Crippen LogP contribution in [0.5, 0.6) is 0 Å². The first kappa shape index (κ1) is 26.9. The zero-order chi connectivity index (χ0) is 26.6. The second-order valence-corrected chi connectivity index (χ2v) is 12.4. The predicted octanol–water partition coefficient (Wildman–Crippen LogP) is 7.72. The number of hydrogen-bond acceptors (Lipinski definition) is 2. The second kappa shape index (κ2) is 12.0. The van der Waals surface area contributed by atoms with E-state index in [2.05, 4.69) is 130 Å². The van der Waals surface area contributed by atoms with Crippen molar-refractivity contribution >= 4 is 0 Å². The number of benzene rings is 2. The summed E-state index contributed by atoms with van der Waals surface area (Å²) >= 11 is 0. The summed E-state index contributed by atoms with van der Waals surface area (Å²) < 4.78 is 0. The standard InChI is InChI=1S/C19H25N.C17H21N/c1-14-7-6-9-15(11-14)19-13-17(20(2)3)12-16-8-4-5-10-18(16)19;1-12-5-4-7-13(9-12)17-11-15(18)10-14-6-2-3-8-16(14)17/h4-11,16-19H,12-13H2,1-3H3;2-9,14-17H,10-11,18H2,1H3.